The van der Waals surface area contributed by atoms with Crippen molar-refractivity contribution in [3.63, 3.8) is 0 Å². The smallest absolute Gasteiger partial charge is 0.250 e. The minimum Gasteiger partial charge on any atom is -0.322 e. The second-order valence-electron chi connectivity index (χ2n) is 4.48. The lowest BCUT2D eigenvalue weighted by Gasteiger charge is -2.14. The van der Waals surface area contributed by atoms with Gasteiger partial charge in [0.15, 0.2) is 0 Å². The lowest BCUT2D eigenvalue weighted by molar-refractivity contribution is -0.118. The summed E-state index contributed by atoms with van der Waals surface area (Å²) in [6, 6.07) is 1.17. The average Bonchev–Trinajstić information content (AvgIpc) is 2.87. The van der Waals surface area contributed by atoms with Crippen molar-refractivity contribution in [1.82, 2.24) is 19.7 Å². The highest BCUT2D eigenvalue weighted by atomic mass is 16.2. The van der Waals surface area contributed by atoms with Crippen molar-refractivity contribution in [3.8, 4) is 5.95 Å². The molecule has 2 rings (SSSR count). The van der Waals surface area contributed by atoms with Gasteiger partial charge in [0.1, 0.15) is 0 Å². The normalized spacial score (nSPS) is 12.4. The van der Waals surface area contributed by atoms with E-state index in [1.807, 2.05) is 13.8 Å². The molecule has 0 aliphatic rings. The van der Waals surface area contributed by atoms with Crippen LogP contribution in [0.25, 0.3) is 5.95 Å². The molecule has 0 spiro atoms. The molecule has 3 N–H and O–H groups in total. The standard InChI is InChI=1S/C12H16N6O/c1-8(2)10(13)11(19)17-9-6-16-18(7-9)12-14-4-3-5-15-12/h3-8,10H,13H2,1-2H3,(H,17,19)/t10-/m0/s1. The third-order valence-corrected chi connectivity index (χ3v) is 2.63. The second-order valence-corrected chi connectivity index (χ2v) is 4.48. The number of anilines is 1. The quantitative estimate of drug-likeness (QED) is 0.838. The Morgan fingerprint density at radius 3 is 2.68 bits per heavy atom. The molecular formula is C12H16N6O. The molecule has 0 unspecified atom stereocenters. The van der Waals surface area contributed by atoms with E-state index in [9.17, 15) is 4.79 Å². The number of carbonyl (C=O) groups is 1. The number of hydrogen-bond donors (Lipinski definition) is 2. The predicted octanol–water partition coefficient (Wildman–Crippen LogP) is 0.584. The summed E-state index contributed by atoms with van der Waals surface area (Å²) in [5.41, 5.74) is 6.33. The molecule has 0 saturated carbocycles. The van der Waals surface area contributed by atoms with E-state index in [-0.39, 0.29) is 11.8 Å². The van der Waals surface area contributed by atoms with Crippen molar-refractivity contribution in [2.75, 3.05) is 5.32 Å². The van der Waals surface area contributed by atoms with Gasteiger partial charge < -0.3 is 11.1 Å². The van der Waals surface area contributed by atoms with Crippen LogP contribution < -0.4 is 11.1 Å². The van der Waals surface area contributed by atoms with E-state index in [1.54, 1.807) is 24.7 Å². The number of aromatic nitrogens is 4. The highest BCUT2D eigenvalue weighted by Crippen LogP contribution is 2.09. The van der Waals surface area contributed by atoms with Crippen molar-refractivity contribution in [2.24, 2.45) is 11.7 Å². The monoisotopic (exact) mass is 260 g/mol. The number of carbonyl (C=O) groups excluding carboxylic acids is 1. The number of nitrogens with one attached hydrogen (secondary N) is 1. The minimum atomic E-state index is -0.545. The maximum Gasteiger partial charge on any atom is 0.250 e. The SMILES string of the molecule is CC(C)[C@H](N)C(=O)Nc1cnn(-c2ncccn2)c1. The van der Waals surface area contributed by atoms with Crippen molar-refractivity contribution in [2.45, 2.75) is 19.9 Å². The lowest BCUT2D eigenvalue weighted by atomic mass is 10.1. The molecule has 2 heterocycles. The van der Waals surface area contributed by atoms with Gasteiger partial charge in [-0.15, -0.1) is 0 Å². The first-order valence-electron chi connectivity index (χ1n) is 5.96. The van der Waals surface area contributed by atoms with Crippen LogP contribution in [0.5, 0.6) is 0 Å². The third-order valence-electron chi connectivity index (χ3n) is 2.63. The predicted molar refractivity (Wildman–Crippen MR) is 70.6 cm³/mol. The van der Waals surface area contributed by atoms with Crippen molar-refractivity contribution in [1.29, 1.82) is 0 Å². The average molecular weight is 260 g/mol. The summed E-state index contributed by atoms with van der Waals surface area (Å²) in [6.45, 7) is 3.79. The van der Waals surface area contributed by atoms with Crippen molar-refractivity contribution >= 4 is 11.6 Å². The first-order valence-corrected chi connectivity index (χ1v) is 5.96. The van der Waals surface area contributed by atoms with Gasteiger partial charge in [-0.25, -0.2) is 14.6 Å². The maximum absolute atomic E-state index is 11.8. The zero-order chi connectivity index (χ0) is 13.8. The minimum absolute atomic E-state index is 0.0764. The molecule has 0 bridgehead atoms. The summed E-state index contributed by atoms with van der Waals surface area (Å²) in [5, 5.41) is 6.79. The molecule has 0 fully saturated rings. The van der Waals surface area contributed by atoms with Crippen molar-refractivity contribution < 1.29 is 4.79 Å². The Hall–Kier alpha value is -2.28. The van der Waals surface area contributed by atoms with Gasteiger partial charge in [0.25, 0.3) is 0 Å². The number of hydrogen-bond acceptors (Lipinski definition) is 5. The molecule has 7 heteroatoms. The second kappa shape index (κ2) is 5.57. The van der Waals surface area contributed by atoms with Crippen molar-refractivity contribution in [3.05, 3.63) is 30.9 Å². The van der Waals surface area contributed by atoms with Gasteiger partial charge in [0.2, 0.25) is 11.9 Å². The van der Waals surface area contributed by atoms with E-state index in [1.165, 1.54) is 10.9 Å². The van der Waals surface area contributed by atoms with Gasteiger partial charge >= 0.3 is 0 Å². The Morgan fingerprint density at radius 1 is 1.37 bits per heavy atom. The van der Waals surface area contributed by atoms with E-state index >= 15 is 0 Å². The van der Waals surface area contributed by atoms with Crippen LogP contribution in [0.3, 0.4) is 0 Å². The summed E-state index contributed by atoms with van der Waals surface area (Å²) in [5.74, 6) is 0.284. The van der Waals surface area contributed by atoms with Gasteiger partial charge in [0.05, 0.1) is 24.1 Å². The molecule has 0 aliphatic carbocycles. The Morgan fingerprint density at radius 2 is 2.05 bits per heavy atom. The molecule has 0 aromatic carbocycles. The number of nitrogens with zero attached hydrogens (tertiary/aromatic N) is 4. The fourth-order valence-electron chi connectivity index (χ4n) is 1.43. The van der Waals surface area contributed by atoms with E-state index in [4.69, 9.17) is 5.73 Å². The van der Waals surface area contributed by atoms with Gasteiger partial charge in [-0.3, -0.25) is 4.79 Å². The zero-order valence-electron chi connectivity index (χ0n) is 10.8. The van der Waals surface area contributed by atoms with Crippen LogP contribution in [0.2, 0.25) is 0 Å². The molecule has 2 aromatic rings. The van der Waals surface area contributed by atoms with Gasteiger partial charge in [0, 0.05) is 12.4 Å². The summed E-state index contributed by atoms with van der Waals surface area (Å²) < 4.78 is 1.48. The molecule has 7 nitrogen and oxygen atoms in total. The lowest BCUT2D eigenvalue weighted by Crippen LogP contribution is -2.39. The summed E-state index contributed by atoms with van der Waals surface area (Å²) in [7, 11) is 0. The van der Waals surface area contributed by atoms with E-state index in [0.717, 1.165) is 0 Å². The molecule has 0 radical (unpaired) electrons. The highest BCUT2D eigenvalue weighted by molar-refractivity contribution is 5.94. The molecule has 19 heavy (non-hydrogen) atoms. The molecular weight excluding hydrogens is 244 g/mol. The summed E-state index contributed by atoms with van der Waals surface area (Å²) in [4.78, 5) is 19.9. The Kier molecular flexibility index (Phi) is 3.86. The largest absolute Gasteiger partial charge is 0.322 e. The molecule has 2 aromatic heterocycles. The zero-order valence-corrected chi connectivity index (χ0v) is 10.8. The number of amides is 1. The molecule has 1 atom stereocenters. The van der Waals surface area contributed by atoms with E-state index < -0.39 is 6.04 Å². The summed E-state index contributed by atoms with van der Waals surface area (Å²) >= 11 is 0. The van der Waals surface area contributed by atoms with Crippen LogP contribution in [0.1, 0.15) is 13.8 Å². The van der Waals surface area contributed by atoms with Gasteiger partial charge in [-0.1, -0.05) is 13.8 Å². The van der Waals surface area contributed by atoms with Gasteiger partial charge in [-0.05, 0) is 12.0 Å². The fraction of sp³-hybridized carbons (Fsp3) is 0.333. The molecule has 1 amide bonds. The molecule has 0 saturated heterocycles. The maximum atomic E-state index is 11.8. The Bertz CT molecular complexity index is 550. The fourth-order valence-corrected chi connectivity index (χ4v) is 1.43. The molecule has 0 aliphatic heterocycles. The number of nitrogens with two attached hydrogens (primary N) is 1. The van der Waals surface area contributed by atoms with Crippen LogP contribution in [-0.2, 0) is 4.79 Å². The third kappa shape index (κ3) is 3.14. The Labute approximate surface area is 110 Å². The van der Waals surface area contributed by atoms with Crippen LogP contribution in [0, 0.1) is 5.92 Å². The van der Waals surface area contributed by atoms with E-state index in [2.05, 4.69) is 20.4 Å². The number of rotatable bonds is 4. The van der Waals surface area contributed by atoms with Crippen LogP contribution in [0.4, 0.5) is 5.69 Å². The van der Waals surface area contributed by atoms with Crippen LogP contribution in [-0.4, -0.2) is 31.7 Å². The Balaban J connectivity index is 2.08. The van der Waals surface area contributed by atoms with Gasteiger partial charge in [-0.2, -0.15) is 5.10 Å². The van der Waals surface area contributed by atoms with E-state index in [0.29, 0.717) is 11.6 Å². The first-order chi connectivity index (χ1) is 9.08. The first kappa shape index (κ1) is 13.2. The van der Waals surface area contributed by atoms with Crippen LogP contribution >= 0.6 is 0 Å². The highest BCUT2D eigenvalue weighted by Gasteiger charge is 2.17. The molecule has 100 valence electrons. The topological polar surface area (TPSA) is 98.7 Å². The summed E-state index contributed by atoms with van der Waals surface area (Å²) in [6.07, 6.45) is 6.41. The van der Waals surface area contributed by atoms with Crippen LogP contribution in [0.15, 0.2) is 30.9 Å².